The molecule has 1 spiro atoms. The van der Waals surface area contributed by atoms with Gasteiger partial charge < -0.3 is 10.2 Å². The molecule has 0 bridgehead atoms. The molecule has 0 radical (unpaired) electrons. The Bertz CT molecular complexity index is 809. The molecule has 3 nitrogen and oxygen atoms in total. The highest BCUT2D eigenvalue weighted by Gasteiger charge is 2.69. The summed E-state index contributed by atoms with van der Waals surface area (Å²) in [6, 6.07) is 9.37. The van der Waals surface area contributed by atoms with Crippen LogP contribution in [0.4, 0.5) is 0 Å². The molecule has 2 aromatic rings. The van der Waals surface area contributed by atoms with Gasteiger partial charge in [-0.3, -0.25) is 4.79 Å². The molecule has 21 heavy (non-hydrogen) atoms. The Morgan fingerprint density at radius 2 is 2.05 bits per heavy atom. The van der Waals surface area contributed by atoms with Crippen molar-refractivity contribution < 1.29 is 15.0 Å². The first-order valence-corrected chi connectivity index (χ1v) is 7.58. The van der Waals surface area contributed by atoms with Gasteiger partial charge >= 0.3 is 0 Å². The van der Waals surface area contributed by atoms with Gasteiger partial charge in [0.05, 0.1) is 6.10 Å². The van der Waals surface area contributed by atoms with Crippen molar-refractivity contribution in [2.75, 3.05) is 0 Å². The summed E-state index contributed by atoms with van der Waals surface area (Å²) in [4.78, 5) is 12.2. The largest absolute Gasteiger partial charge is 0.508 e. The molecule has 2 fully saturated rings. The van der Waals surface area contributed by atoms with Crippen LogP contribution in [0.3, 0.4) is 0 Å². The van der Waals surface area contributed by atoms with Crippen molar-refractivity contribution in [3.05, 3.63) is 41.5 Å². The van der Waals surface area contributed by atoms with Crippen LogP contribution in [-0.2, 0) is 10.2 Å². The fourth-order valence-electron chi connectivity index (χ4n) is 5.01. The number of phenolic OH excluding ortho intramolecular Hbond substituents is 1. The predicted molar refractivity (Wildman–Crippen MR) is 78.1 cm³/mol. The molecule has 0 aliphatic heterocycles. The fourth-order valence-corrected chi connectivity index (χ4v) is 5.01. The van der Waals surface area contributed by atoms with E-state index in [-0.39, 0.29) is 17.1 Å². The lowest BCUT2D eigenvalue weighted by molar-refractivity contribution is -0.123. The van der Waals surface area contributed by atoms with E-state index in [1.165, 1.54) is 5.56 Å². The topological polar surface area (TPSA) is 57.5 Å². The van der Waals surface area contributed by atoms with Crippen molar-refractivity contribution in [3.63, 3.8) is 0 Å². The number of aromatic hydroxyl groups is 1. The standard InChI is InChI=1S/C18H16O3/c19-11-2-3-12-9(5-11)1-4-13-17(12)16(21)7-14-15(20)6-10-8-18(10,13)14/h1-5,10,14,16,19,21H,6-8H2/t10-,14?,16+,18+/m1/s1. The van der Waals surface area contributed by atoms with E-state index in [4.69, 9.17) is 0 Å². The van der Waals surface area contributed by atoms with Gasteiger partial charge in [-0.25, -0.2) is 0 Å². The molecule has 3 aliphatic rings. The van der Waals surface area contributed by atoms with Crippen LogP contribution in [0.5, 0.6) is 5.75 Å². The second kappa shape index (κ2) is 3.47. The van der Waals surface area contributed by atoms with Gasteiger partial charge in [-0.1, -0.05) is 18.2 Å². The lowest BCUT2D eigenvalue weighted by Crippen LogP contribution is -2.32. The quantitative estimate of drug-likeness (QED) is 0.780. The Morgan fingerprint density at radius 3 is 2.90 bits per heavy atom. The number of carbonyl (C=O) groups is 1. The average molecular weight is 280 g/mol. The number of rotatable bonds is 0. The van der Waals surface area contributed by atoms with E-state index in [2.05, 4.69) is 6.07 Å². The number of ketones is 1. The molecule has 0 saturated heterocycles. The number of benzene rings is 2. The zero-order chi connectivity index (χ0) is 14.4. The molecule has 1 unspecified atom stereocenters. The van der Waals surface area contributed by atoms with Gasteiger partial charge in [-0.05, 0) is 52.8 Å². The van der Waals surface area contributed by atoms with Crippen molar-refractivity contribution >= 4 is 16.6 Å². The zero-order valence-corrected chi connectivity index (χ0v) is 11.5. The Labute approximate surface area is 122 Å². The normalized spacial score (nSPS) is 36.2. The second-order valence-corrected chi connectivity index (χ2v) is 6.85. The lowest BCUT2D eigenvalue weighted by atomic mass is 9.70. The first-order valence-electron chi connectivity index (χ1n) is 7.58. The molecular weight excluding hydrogens is 264 g/mol. The van der Waals surface area contributed by atoms with E-state index in [1.807, 2.05) is 12.1 Å². The maximum atomic E-state index is 12.2. The SMILES string of the molecule is O=C1C[C@@H]2C[C@@]23c2ccc4cc(O)ccc4c2[C@@H](O)CC13. The molecule has 3 heteroatoms. The summed E-state index contributed by atoms with van der Waals surface area (Å²) in [5.74, 6) is 1.07. The van der Waals surface area contributed by atoms with Gasteiger partial charge in [-0.15, -0.1) is 0 Å². The molecule has 2 N–H and O–H groups in total. The Hall–Kier alpha value is -1.87. The first kappa shape index (κ1) is 11.8. The molecule has 3 aliphatic carbocycles. The van der Waals surface area contributed by atoms with Gasteiger partial charge in [-0.2, -0.15) is 0 Å². The third-order valence-corrected chi connectivity index (χ3v) is 5.95. The van der Waals surface area contributed by atoms with Crippen molar-refractivity contribution in [2.45, 2.75) is 30.8 Å². The number of hydrogen-bond acceptors (Lipinski definition) is 3. The van der Waals surface area contributed by atoms with Crippen molar-refractivity contribution in [2.24, 2.45) is 11.8 Å². The highest BCUT2D eigenvalue weighted by Crippen LogP contribution is 2.70. The van der Waals surface area contributed by atoms with Crippen LogP contribution in [0.15, 0.2) is 30.3 Å². The zero-order valence-electron chi connectivity index (χ0n) is 11.5. The molecule has 4 atom stereocenters. The van der Waals surface area contributed by atoms with E-state index in [0.29, 0.717) is 24.5 Å². The number of carbonyl (C=O) groups excluding carboxylic acids is 1. The summed E-state index contributed by atoms with van der Waals surface area (Å²) < 4.78 is 0. The third kappa shape index (κ3) is 1.26. The average Bonchev–Trinajstić information content (AvgIpc) is 3.08. The van der Waals surface area contributed by atoms with E-state index in [1.54, 1.807) is 12.1 Å². The van der Waals surface area contributed by atoms with E-state index in [9.17, 15) is 15.0 Å². The number of hydrogen-bond donors (Lipinski definition) is 2. The number of aliphatic hydroxyl groups excluding tert-OH is 1. The third-order valence-electron chi connectivity index (χ3n) is 5.95. The number of aliphatic hydroxyl groups is 1. The molecule has 5 rings (SSSR count). The minimum absolute atomic E-state index is 0.0116. The Balaban J connectivity index is 1.82. The second-order valence-electron chi connectivity index (χ2n) is 6.85. The Kier molecular flexibility index (Phi) is 1.94. The molecule has 0 heterocycles. The highest BCUT2D eigenvalue weighted by molar-refractivity contribution is 5.93. The summed E-state index contributed by atoms with van der Waals surface area (Å²) in [5, 5.41) is 22.2. The van der Waals surface area contributed by atoms with Crippen LogP contribution in [0.25, 0.3) is 10.8 Å². The summed E-state index contributed by atoms with van der Waals surface area (Å²) >= 11 is 0. The molecule has 2 aromatic carbocycles. The van der Waals surface area contributed by atoms with Crippen molar-refractivity contribution in [3.8, 4) is 5.75 Å². The van der Waals surface area contributed by atoms with Crippen LogP contribution >= 0.6 is 0 Å². The van der Waals surface area contributed by atoms with Gasteiger partial charge in [0, 0.05) is 17.8 Å². The van der Waals surface area contributed by atoms with Crippen molar-refractivity contribution in [1.29, 1.82) is 0 Å². The summed E-state index contributed by atoms with van der Waals surface area (Å²) in [6.07, 6.45) is 1.76. The van der Waals surface area contributed by atoms with Crippen LogP contribution in [-0.4, -0.2) is 16.0 Å². The molecule has 106 valence electrons. The number of phenols is 1. The van der Waals surface area contributed by atoms with E-state index < -0.39 is 6.10 Å². The van der Waals surface area contributed by atoms with Gasteiger partial charge in [0.1, 0.15) is 11.5 Å². The maximum absolute atomic E-state index is 12.2. The fraction of sp³-hybridized carbons (Fsp3) is 0.389. The molecular formula is C18H16O3. The highest BCUT2D eigenvalue weighted by atomic mass is 16.3. The predicted octanol–water partition coefficient (Wildman–Crippen LogP) is 2.83. The monoisotopic (exact) mass is 280 g/mol. The number of Topliss-reactive ketones (excluding diaryl/α,β-unsaturated/α-hetero) is 1. The lowest BCUT2D eigenvalue weighted by Gasteiger charge is -2.34. The molecule has 0 aromatic heterocycles. The molecule has 0 amide bonds. The van der Waals surface area contributed by atoms with Crippen LogP contribution in [0, 0.1) is 11.8 Å². The summed E-state index contributed by atoms with van der Waals surface area (Å²) in [5.41, 5.74) is 2.18. The number of fused-ring (bicyclic) bond motifs is 3. The minimum Gasteiger partial charge on any atom is -0.508 e. The summed E-state index contributed by atoms with van der Waals surface area (Å²) in [6.45, 7) is 0. The molecule has 2 saturated carbocycles. The van der Waals surface area contributed by atoms with E-state index in [0.717, 1.165) is 22.8 Å². The Morgan fingerprint density at radius 1 is 1.19 bits per heavy atom. The first-order chi connectivity index (χ1) is 10.1. The van der Waals surface area contributed by atoms with Crippen LogP contribution in [0.1, 0.15) is 36.5 Å². The van der Waals surface area contributed by atoms with Crippen LogP contribution < -0.4 is 0 Å². The summed E-state index contributed by atoms with van der Waals surface area (Å²) in [7, 11) is 0. The maximum Gasteiger partial charge on any atom is 0.137 e. The smallest absolute Gasteiger partial charge is 0.137 e. The van der Waals surface area contributed by atoms with Gasteiger partial charge in [0.2, 0.25) is 0 Å². The minimum atomic E-state index is -0.577. The van der Waals surface area contributed by atoms with Crippen molar-refractivity contribution in [1.82, 2.24) is 0 Å². The van der Waals surface area contributed by atoms with E-state index >= 15 is 0 Å². The van der Waals surface area contributed by atoms with Gasteiger partial charge in [0.25, 0.3) is 0 Å². The van der Waals surface area contributed by atoms with Crippen LogP contribution in [0.2, 0.25) is 0 Å². The van der Waals surface area contributed by atoms with Gasteiger partial charge in [0.15, 0.2) is 0 Å².